The summed E-state index contributed by atoms with van der Waals surface area (Å²) in [4.78, 5) is 11.1. The number of carbonyl (C=O) groups is 1. The maximum Gasteiger partial charge on any atom is 0.310 e. The molecule has 0 saturated heterocycles. The van der Waals surface area contributed by atoms with Crippen LogP contribution in [-0.2, 0) is 4.79 Å². The van der Waals surface area contributed by atoms with Crippen LogP contribution in [0.1, 0.15) is 25.8 Å². The Labute approximate surface area is 84.2 Å². The van der Waals surface area contributed by atoms with Gasteiger partial charge < -0.3 is 4.74 Å². The van der Waals surface area contributed by atoms with Crippen LogP contribution >= 0.6 is 0 Å². The van der Waals surface area contributed by atoms with Gasteiger partial charge in [-0.1, -0.05) is 37.3 Å². The van der Waals surface area contributed by atoms with E-state index in [1.807, 2.05) is 37.3 Å². The number of para-hydroxylation sites is 1. The average molecular weight is 190 g/mol. The number of allylic oxidation sites excluding steroid dienone is 1. The highest BCUT2D eigenvalue weighted by molar-refractivity contribution is 5.73. The maximum absolute atomic E-state index is 11.1. The standard InChI is InChI=1S/C12H14O2/c1-3-7-10-8-5-6-9-11(10)14-12(13)4-2/h3,5-9H,4H2,1-2H3/b7-3-. The summed E-state index contributed by atoms with van der Waals surface area (Å²) in [5.41, 5.74) is 0.928. The molecule has 0 fully saturated rings. The first-order valence-corrected chi connectivity index (χ1v) is 4.70. The number of benzene rings is 1. The van der Waals surface area contributed by atoms with E-state index in [0.29, 0.717) is 12.2 Å². The summed E-state index contributed by atoms with van der Waals surface area (Å²) >= 11 is 0. The van der Waals surface area contributed by atoms with Gasteiger partial charge in [0.25, 0.3) is 0 Å². The Bertz CT molecular complexity index is 340. The summed E-state index contributed by atoms with van der Waals surface area (Å²) in [5, 5.41) is 0. The van der Waals surface area contributed by atoms with Crippen molar-refractivity contribution in [1.29, 1.82) is 0 Å². The van der Waals surface area contributed by atoms with Crippen molar-refractivity contribution in [3.63, 3.8) is 0 Å². The van der Waals surface area contributed by atoms with Crippen LogP contribution in [0, 0.1) is 0 Å². The van der Waals surface area contributed by atoms with Gasteiger partial charge in [0, 0.05) is 12.0 Å². The molecule has 2 nitrogen and oxygen atoms in total. The molecule has 0 aromatic heterocycles. The zero-order chi connectivity index (χ0) is 10.4. The molecule has 0 radical (unpaired) electrons. The molecule has 2 heteroatoms. The number of rotatable bonds is 3. The molecule has 0 unspecified atom stereocenters. The minimum atomic E-state index is -0.207. The predicted octanol–water partition coefficient (Wildman–Crippen LogP) is 3.04. The van der Waals surface area contributed by atoms with E-state index in [1.54, 1.807) is 13.0 Å². The molecule has 0 atom stereocenters. The first kappa shape index (κ1) is 10.5. The Kier molecular flexibility index (Phi) is 3.92. The van der Waals surface area contributed by atoms with Crippen molar-refractivity contribution >= 4 is 12.0 Å². The minimum absolute atomic E-state index is 0.207. The zero-order valence-corrected chi connectivity index (χ0v) is 8.49. The van der Waals surface area contributed by atoms with Crippen LogP contribution in [-0.4, -0.2) is 5.97 Å². The van der Waals surface area contributed by atoms with Crippen LogP contribution in [0.5, 0.6) is 5.75 Å². The van der Waals surface area contributed by atoms with Gasteiger partial charge in [-0.15, -0.1) is 0 Å². The molecule has 14 heavy (non-hydrogen) atoms. The molecule has 0 amide bonds. The molecular weight excluding hydrogens is 176 g/mol. The van der Waals surface area contributed by atoms with E-state index < -0.39 is 0 Å². The van der Waals surface area contributed by atoms with Gasteiger partial charge in [0.1, 0.15) is 5.75 Å². The van der Waals surface area contributed by atoms with E-state index in [0.717, 1.165) is 5.56 Å². The third kappa shape index (κ3) is 2.73. The van der Waals surface area contributed by atoms with Gasteiger partial charge >= 0.3 is 5.97 Å². The number of hydrogen-bond donors (Lipinski definition) is 0. The Hall–Kier alpha value is -1.57. The Morgan fingerprint density at radius 2 is 2.14 bits per heavy atom. The van der Waals surface area contributed by atoms with Crippen LogP contribution in [0.2, 0.25) is 0 Å². The second-order valence-corrected chi connectivity index (χ2v) is 2.87. The quantitative estimate of drug-likeness (QED) is 0.541. The van der Waals surface area contributed by atoms with Crippen LogP contribution in [0.4, 0.5) is 0 Å². The van der Waals surface area contributed by atoms with Gasteiger partial charge in [-0.2, -0.15) is 0 Å². The lowest BCUT2D eigenvalue weighted by Gasteiger charge is -2.05. The van der Waals surface area contributed by atoms with Crippen LogP contribution in [0.3, 0.4) is 0 Å². The van der Waals surface area contributed by atoms with E-state index >= 15 is 0 Å². The molecule has 0 heterocycles. The molecule has 0 bridgehead atoms. The first-order chi connectivity index (χ1) is 6.77. The van der Waals surface area contributed by atoms with Crippen molar-refractivity contribution in [2.75, 3.05) is 0 Å². The number of carbonyl (C=O) groups excluding carboxylic acids is 1. The topological polar surface area (TPSA) is 26.3 Å². The normalized spacial score (nSPS) is 10.4. The van der Waals surface area contributed by atoms with Gasteiger partial charge in [0.05, 0.1) is 0 Å². The summed E-state index contributed by atoms with van der Waals surface area (Å²) in [7, 11) is 0. The highest BCUT2D eigenvalue weighted by Gasteiger charge is 2.03. The van der Waals surface area contributed by atoms with E-state index in [9.17, 15) is 4.79 Å². The molecular formula is C12H14O2. The van der Waals surface area contributed by atoms with Gasteiger partial charge in [-0.3, -0.25) is 4.79 Å². The van der Waals surface area contributed by atoms with Crippen molar-refractivity contribution in [3.8, 4) is 5.75 Å². The van der Waals surface area contributed by atoms with E-state index in [1.165, 1.54) is 0 Å². The van der Waals surface area contributed by atoms with Crippen molar-refractivity contribution in [3.05, 3.63) is 35.9 Å². The minimum Gasteiger partial charge on any atom is -0.426 e. The van der Waals surface area contributed by atoms with E-state index in [-0.39, 0.29) is 5.97 Å². The van der Waals surface area contributed by atoms with Crippen LogP contribution < -0.4 is 4.74 Å². The lowest BCUT2D eigenvalue weighted by atomic mass is 10.2. The molecule has 0 saturated carbocycles. The third-order valence-corrected chi connectivity index (χ3v) is 1.78. The van der Waals surface area contributed by atoms with Crippen molar-refractivity contribution < 1.29 is 9.53 Å². The van der Waals surface area contributed by atoms with Gasteiger partial charge in [0.2, 0.25) is 0 Å². The van der Waals surface area contributed by atoms with Gasteiger partial charge in [-0.25, -0.2) is 0 Å². The second-order valence-electron chi connectivity index (χ2n) is 2.87. The fourth-order valence-electron chi connectivity index (χ4n) is 1.09. The number of hydrogen-bond acceptors (Lipinski definition) is 2. The van der Waals surface area contributed by atoms with Gasteiger partial charge in [0.15, 0.2) is 0 Å². The fourth-order valence-corrected chi connectivity index (χ4v) is 1.09. The maximum atomic E-state index is 11.1. The molecule has 74 valence electrons. The highest BCUT2D eigenvalue weighted by Crippen LogP contribution is 2.19. The molecule has 0 spiro atoms. The molecule has 1 rings (SSSR count). The van der Waals surface area contributed by atoms with Gasteiger partial charge in [-0.05, 0) is 13.0 Å². The number of ether oxygens (including phenoxy) is 1. The zero-order valence-electron chi connectivity index (χ0n) is 8.49. The van der Waals surface area contributed by atoms with Crippen LogP contribution in [0.15, 0.2) is 30.3 Å². The van der Waals surface area contributed by atoms with Crippen molar-refractivity contribution in [2.24, 2.45) is 0 Å². The molecule has 1 aromatic carbocycles. The van der Waals surface area contributed by atoms with Crippen molar-refractivity contribution in [1.82, 2.24) is 0 Å². The summed E-state index contributed by atoms with van der Waals surface area (Å²) in [6.45, 7) is 3.71. The summed E-state index contributed by atoms with van der Waals surface area (Å²) in [5.74, 6) is 0.416. The number of esters is 1. The summed E-state index contributed by atoms with van der Waals surface area (Å²) in [6.07, 6.45) is 4.22. The second kappa shape index (κ2) is 5.22. The van der Waals surface area contributed by atoms with Crippen LogP contribution in [0.25, 0.3) is 6.08 Å². The lowest BCUT2D eigenvalue weighted by molar-refractivity contribution is -0.134. The lowest BCUT2D eigenvalue weighted by Crippen LogP contribution is -2.06. The summed E-state index contributed by atoms with van der Waals surface area (Å²) in [6, 6.07) is 7.48. The first-order valence-electron chi connectivity index (χ1n) is 4.70. The monoisotopic (exact) mass is 190 g/mol. The highest BCUT2D eigenvalue weighted by atomic mass is 16.5. The Morgan fingerprint density at radius 3 is 2.79 bits per heavy atom. The predicted molar refractivity (Wildman–Crippen MR) is 57.1 cm³/mol. The third-order valence-electron chi connectivity index (χ3n) is 1.78. The largest absolute Gasteiger partial charge is 0.426 e. The Morgan fingerprint density at radius 1 is 1.43 bits per heavy atom. The SMILES string of the molecule is C/C=C\c1ccccc1OC(=O)CC. The van der Waals surface area contributed by atoms with E-state index in [4.69, 9.17) is 4.74 Å². The van der Waals surface area contributed by atoms with E-state index in [2.05, 4.69) is 0 Å². The summed E-state index contributed by atoms with van der Waals surface area (Å²) < 4.78 is 5.16. The molecule has 1 aromatic rings. The Balaban J connectivity index is 2.89. The smallest absolute Gasteiger partial charge is 0.310 e. The molecule has 0 aliphatic carbocycles. The molecule has 0 aliphatic rings. The average Bonchev–Trinajstić information content (AvgIpc) is 2.21. The molecule has 0 aliphatic heterocycles. The van der Waals surface area contributed by atoms with Crippen molar-refractivity contribution in [2.45, 2.75) is 20.3 Å². The fraction of sp³-hybridized carbons (Fsp3) is 0.250. The molecule has 0 N–H and O–H groups in total.